The highest BCUT2D eigenvalue weighted by Gasteiger charge is 2.41. The Labute approximate surface area is 154 Å². The quantitative estimate of drug-likeness (QED) is 0.628. The van der Waals surface area contributed by atoms with Crippen molar-refractivity contribution in [2.75, 3.05) is 13.7 Å². The molecule has 1 heterocycles. The summed E-state index contributed by atoms with van der Waals surface area (Å²) in [5.41, 5.74) is 5.39. The second-order valence-electron chi connectivity index (χ2n) is 7.10. The number of methoxy groups -OCH3 is 1. The summed E-state index contributed by atoms with van der Waals surface area (Å²) in [6.45, 7) is 5.24. The second-order valence-corrected chi connectivity index (χ2v) is 8.99. The number of ether oxygens (including phenoxy) is 2. The average molecular weight is 382 g/mol. The van der Waals surface area contributed by atoms with Crippen molar-refractivity contribution in [1.82, 2.24) is 4.31 Å². The number of carbonyl (C=O) groups is 1. The molecule has 1 aliphatic rings. The van der Waals surface area contributed by atoms with E-state index in [0.717, 1.165) is 4.31 Å². The molecule has 1 aromatic rings. The van der Waals surface area contributed by atoms with Gasteiger partial charge in [-0.1, -0.05) is 12.2 Å². The van der Waals surface area contributed by atoms with Gasteiger partial charge in [-0.2, -0.15) is 4.31 Å². The Bertz CT molecular complexity index is 766. The van der Waals surface area contributed by atoms with Crippen molar-refractivity contribution >= 4 is 16.0 Å². The molecule has 2 atom stereocenters. The standard InChI is InChI=1S/C18H26N2O5S/c1-18(2,3)25-17(21)16-15(19)7-5-6-12-20(16)26(22,23)14-10-8-13(24-4)9-11-14/h5-6,8-11,15-16H,7,12,19H2,1-4H3. The Morgan fingerprint density at radius 1 is 1.19 bits per heavy atom. The van der Waals surface area contributed by atoms with Crippen LogP contribution < -0.4 is 10.5 Å². The van der Waals surface area contributed by atoms with Gasteiger partial charge in [-0.05, 0) is 51.5 Å². The van der Waals surface area contributed by atoms with Gasteiger partial charge < -0.3 is 15.2 Å². The zero-order valence-corrected chi connectivity index (χ0v) is 16.3. The van der Waals surface area contributed by atoms with Crippen LogP contribution >= 0.6 is 0 Å². The first-order chi connectivity index (χ1) is 12.1. The van der Waals surface area contributed by atoms with Gasteiger partial charge in [0.2, 0.25) is 10.0 Å². The van der Waals surface area contributed by atoms with Crippen molar-refractivity contribution in [2.45, 2.75) is 49.8 Å². The number of nitrogens with two attached hydrogens (primary N) is 1. The molecule has 0 saturated carbocycles. The van der Waals surface area contributed by atoms with Crippen molar-refractivity contribution in [1.29, 1.82) is 0 Å². The molecule has 0 aliphatic carbocycles. The summed E-state index contributed by atoms with van der Waals surface area (Å²) in [7, 11) is -2.45. The fraction of sp³-hybridized carbons (Fsp3) is 0.500. The molecule has 26 heavy (non-hydrogen) atoms. The molecule has 0 spiro atoms. The lowest BCUT2D eigenvalue weighted by Crippen LogP contribution is -2.55. The van der Waals surface area contributed by atoms with Crippen LogP contribution in [0, 0.1) is 0 Å². The van der Waals surface area contributed by atoms with E-state index in [4.69, 9.17) is 15.2 Å². The molecule has 2 rings (SSSR count). The van der Waals surface area contributed by atoms with Crippen molar-refractivity contribution < 1.29 is 22.7 Å². The van der Waals surface area contributed by atoms with Gasteiger partial charge in [0.05, 0.1) is 12.0 Å². The van der Waals surface area contributed by atoms with Gasteiger partial charge in [0.25, 0.3) is 0 Å². The lowest BCUT2D eigenvalue weighted by Gasteiger charge is -2.33. The summed E-state index contributed by atoms with van der Waals surface area (Å²) in [5.74, 6) is -0.106. The van der Waals surface area contributed by atoms with E-state index in [-0.39, 0.29) is 11.4 Å². The summed E-state index contributed by atoms with van der Waals surface area (Å²) >= 11 is 0. The van der Waals surface area contributed by atoms with Crippen LogP contribution in [0.5, 0.6) is 5.75 Å². The second kappa shape index (κ2) is 7.77. The topological polar surface area (TPSA) is 98.9 Å². The highest BCUT2D eigenvalue weighted by Crippen LogP contribution is 2.25. The van der Waals surface area contributed by atoms with Gasteiger partial charge in [-0.15, -0.1) is 0 Å². The Hall–Kier alpha value is -1.90. The van der Waals surface area contributed by atoms with Crippen LogP contribution in [-0.2, 0) is 19.6 Å². The van der Waals surface area contributed by atoms with E-state index in [1.807, 2.05) is 0 Å². The summed E-state index contributed by atoms with van der Waals surface area (Å²) in [6.07, 6.45) is 3.87. The van der Waals surface area contributed by atoms with Crippen molar-refractivity contribution in [2.24, 2.45) is 5.73 Å². The molecule has 8 heteroatoms. The molecule has 1 aliphatic heterocycles. The molecule has 144 valence electrons. The maximum Gasteiger partial charge on any atom is 0.326 e. The van der Waals surface area contributed by atoms with Crippen LogP contribution in [0.2, 0.25) is 0 Å². The molecule has 2 N–H and O–H groups in total. The highest BCUT2D eigenvalue weighted by molar-refractivity contribution is 7.89. The van der Waals surface area contributed by atoms with E-state index in [0.29, 0.717) is 12.2 Å². The number of benzene rings is 1. The molecular weight excluding hydrogens is 356 g/mol. The average Bonchev–Trinajstić information content (AvgIpc) is 2.75. The van der Waals surface area contributed by atoms with Crippen LogP contribution in [-0.4, -0.2) is 50.0 Å². The predicted molar refractivity (Wildman–Crippen MR) is 98.3 cm³/mol. The zero-order valence-electron chi connectivity index (χ0n) is 15.5. The number of carbonyl (C=O) groups excluding carboxylic acids is 1. The Morgan fingerprint density at radius 3 is 2.35 bits per heavy atom. The van der Waals surface area contributed by atoms with Gasteiger partial charge in [-0.25, -0.2) is 8.42 Å². The predicted octanol–water partition coefficient (Wildman–Crippen LogP) is 1.68. The van der Waals surface area contributed by atoms with Crippen molar-refractivity contribution in [3.05, 3.63) is 36.4 Å². The van der Waals surface area contributed by atoms with E-state index >= 15 is 0 Å². The molecule has 0 fully saturated rings. The Morgan fingerprint density at radius 2 is 1.81 bits per heavy atom. The Kier molecular flexibility index (Phi) is 6.10. The summed E-state index contributed by atoms with van der Waals surface area (Å²) < 4.78 is 37.9. The maximum atomic E-state index is 13.2. The van der Waals surface area contributed by atoms with Crippen LogP contribution in [0.25, 0.3) is 0 Å². The van der Waals surface area contributed by atoms with Gasteiger partial charge in [0.1, 0.15) is 17.4 Å². The summed E-state index contributed by atoms with van der Waals surface area (Å²) in [6, 6.07) is 4.21. The minimum Gasteiger partial charge on any atom is -0.497 e. The number of sulfonamides is 1. The monoisotopic (exact) mass is 382 g/mol. The van der Waals surface area contributed by atoms with Crippen LogP contribution in [0.3, 0.4) is 0 Å². The third-order valence-electron chi connectivity index (χ3n) is 3.89. The van der Waals surface area contributed by atoms with E-state index < -0.39 is 33.7 Å². The van der Waals surface area contributed by atoms with Gasteiger partial charge >= 0.3 is 5.97 Å². The highest BCUT2D eigenvalue weighted by atomic mass is 32.2. The zero-order chi connectivity index (χ0) is 19.5. The van der Waals surface area contributed by atoms with Crippen LogP contribution in [0.15, 0.2) is 41.3 Å². The van der Waals surface area contributed by atoms with Gasteiger partial charge in [-0.3, -0.25) is 4.79 Å². The first kappa shape index (κ1) is 20.4. The molecule has 0 bridgehead atoms. The van der Waals surface area contributed by atoms with E-state index in [1.54, 1.807) is 45.1 Å². The van der Waals surface area contributed by atoms with E-state index in [9.17, 15) is 13.2 Å². The molecular formula is C18H26N2O5S. The first-order valence-electron chi connectivity index (χ1n) is 8.35. The normalized spacial score (nSPS) is 21.9. The maximum absolute atomic E-state index is 13.2. The molecule has 0 amide bonds. The minimum atomic E-state index is -3.95. The smallest absolute Gasteiger partial charge is 0.326 e. The molecule has 0 radical (unpaired) electrons. The van der Waals surface area contributed by atoms with Crippen molar-refractivity contribution in [3.8, 4) is 5.75 Å². The minimum absolute atomic E-state index is 0.0476. The largest absolute Gasteiger partial charge is 0.497 e. The fourth-order valence-corrected chi connectivity index (χ4v) is 4.25. The van der Waals surface area contributed by atoms with Gasteiger partial charge in [0, 0.05) is 12.6 Å². The number of hydrogen-bond acceptors (Lipinski definition) is 6. The van der Waals surface area contributed by atoms with Crippen molar-refractivity contribution in [3.63, 3.8) is 0 Å². The lowest BCUT2D eigenvalue weighted by molar-refractivity contribution is -0.160. The van der Waals surface area contributed by atoms with E-state index in [2.05, 4.69) is 0 Å². The number of rotatable bonds is 4. The third-order valence-corrected chi connectivity index (χ3v) is 5.75. The SMILES string of the molecule is COc1ccc(S(=O)(=O)N2CC=CCC(N)C2C(=O)OC(C)(C)C)cc1. The molecule has 2 unspecified atom stereocenters. The van der Waals surface area contributed by atoms with Crippen LogP contribution in [0.1, 0.15) is 27.2 Å². The number of hydrogen-bond donors (Lipinski definition) is 1. The molecule has 7 nitrogen and oxygen atoms in total. The molecule has 1 aromatic carbocycles. The fourth-order valence-electron chi connectivity index (χ4n) is 2.67. The van der Waals surface area contributed by atoms with Gasteiger partial charge in [0.15, 0.2) is 0 Å². The first-order valence-corrected chi connectivity index (χ1v) is 9.79. The van der Waals surface area contributed by atoms with E-state index in [1.165, 1.54) is 19.2 Å². The number of nitrogens with zero attached hydrogens (tertiary/aromatic N) is 1. The van der Waals surface area contributed by atoms with Crippen LogP contribution in [0.4, 0.5) is 0 Å². The molecule has 0 saturated heterocycles. The molecule has 0 aromatic heterocycles. The number of esters is 1. The summed E-state index contributed by atoms with van der Waals surface area (Å²) in [4.78, 5) is 12.8. The third kappa shape index (κ3) is 4.63. The Balaban J connectivity index is 2.42. The summed E-state index contributed by atoms with van der Waals surface area (Å²) in [5, 5.41) is 0. The lowest BCUT2D eigenvalue weighted by atomic mass is 10.1.